The summed E-state index contributed by atoms with van der Waals surface area (Å²) in [4.78, 5) is 0. The van der Waals surface area contributed by atoms with Gasteiger partial charge < -0.3 is 0 Å². The third-order valence-corrected chi connectivity index (χ3v) is 12.8. The first-order valence-electron chi connectivity index (χ1n) is 9.59. The van der Waals surface area contributed by atoms with E-state index in [1.165, 1.54) is 5.56 Å². The summed E-state index contributed by atoms with van der Waals surface area (Å²) in [6, 6.07) is 10.0. The molecule has 1 rings (SSSR count). The Morgan fingerprint density at radius 3 is 1.24 bits per heavy atom. The van der Waals surface area contributed by atoms with Crippen LogP contribution < -0.4 is 0 Å². The van der Waals surface area contributed by atoms with Gasteiger partial charge in [0.1, 0.15) is 0 Å². The fraction of sp³-hybridized carbons (Fsp3) is 0.636. The van der Waals surface area contributed by atoms with E-state index in [-0.39, 0.29) is 32.3 Å². The number of hydrogen-bond donors (Lipinski definition) is 0. The summed E-state index contributed by atoms with van der Waals surface area (Å²) in [5.74, 6) is 0. The van der Waals surface area contributed by atoms with Crippen LogP contribution >= 0.6 is 15.8 Å². The summed E-state index contributed by atoms with van der Waals surface area (Å²) in [6.45, 7) is 23.1. The molecule has 0 aromatic heterocycles. The zero-order valence-electron chi connectivity index (χ0n) is 17.7. The van der Waals surface area contributed by atoms with Crippen LogP contribution in [0.1, 0.15) is 61.0 Å². The van der Waals surface area contributed by atoms with Crippen molar-refractivity contribution in [3.05, 3.63) is 42.5 Å². The maximum absolute atomic E-state index is 3.63. The van der Waals surface area contributed by atoms with Gasteiger partial charge in [0.15, 0.2) is 0 Å². The molecule has 0 aliphatic rings. The summed E-state index contributed by atoms with van der Waals surface area (Å²) in [5.41, 5.74) is 4.98. The Morgan fingerprint density at radius 1 is 0.720 bits per heavy atom. The quantitative estimate of drug-likeness (QED) is 0.300. The zero-order valence-corrected chi connectivity index (χ0v) is 20.7. The topological polar surface area (TPSA) is 0 Å². The van der Waals surface area contributed by atoms with Crippen molar-refractivity contribution in [2.24, 2.45) is 0 Å². The van der Waals surface area contributed by atoms with E-state index >= 15 is 0 Å². The van der Waals surface area contributed by atoms with Crippen molar-refractivity contribution in [2.75, 3.05) is 12.3 Å². The molecule has 0 amide bonds. The van der Waals surface area contributed by atoms with E-state index < -0.39 is 0 Å². The van der Waals surface area contributed by atoms with Crippen molar-refractivity contribution in [3.63, 3.8) is 0 Å². The first-order chi connectivity index (χ1) is 11.2. The second-order valence-corrected chi connectivity index (χ2v) is 15.8. The van der Waals surface area contributed by atoms with E-state index in [2.05, 4.69) is 62.0 Å². The summed E-state index contributed by atoms with van der Waals surface area (Å²) in [6.07, 6.45) is 4.95. The van der Waals surface area contributed by atoms with Gasteiger partial charge in [0.2, 0.25) is 0 Å². The fourth-order valence-electron chi connectivity index (χ4n) is 3.37. The summed E-state index contributed by atoms with van der Waals surface area (Å²) >= 11 is 0. The van der Waals surface area contributed by atoms with Gasteiger partial charge in [0.25, 0.3) is 0 Å². The molecule has 3 heteroatoms. The average molecular weight is 427 g/mol. The van der Waals surface area contributed by atoms with Crippen LogP contribution in [0.2, 0.25) is 0 Å². The number of rotatable bonds is 8. The van der Waals surface area contributed by atoms with E-state index in [4.69, 9.17) is 0 Å². The van der Waals surface area contributed by atoms with Gasteiger partial charge in [-0.15, -0.1) is 0 Å². The van der Waals surface area contributed by atoms with Crippen LogP contribution in [0, 0.1) is 0 Å². The molecule has 0 unspecified atom stereocenters. The maximum Gasteiger partial charge on any atom is 0.0910 e. The van der Waals surface area contributed by atoms with Gasteiger partial charge in [-0.3, -0.25) is 0 Å². The Bertz CT molecular complexity index is 391. The van der Waals surface area contributed by atoms with Crippen LogP contribution in [0.5, 0.6) is 0 Å². The van der Waals surface area contributed by atoms with Crippen LogP contribution in [0.4, 0.5) is 0 Å². The van der Waals surface area contributed by atoms with Gasteiger partial charge in [0.05, 0.1) is 35.0 Å². The summed E-state index contributed by atoms with van der Waals surface area (Å²) < 4.78 is 0. The largest absolute Gasteiger partial charge is 0.0985 e. The molecule has 0 nitrogen and oxygen atoms in total. The van der Waals surface area contributed by atoms with Gasteiger partial charge in [-0.25, -0.2) is 0 Å². The van der Waals surface area contributed by atoms with Gasteiger partial charge >= 0.3 is 0 Å². The van der Waals surface area contributed by atoms with Gasteiger partial charge in [-0.1, -0.05) is 43.0 Å². The molecule has 0 heterocycles. The molecular formula is C22H42NiP2+2. The molecule has 0 bridgehead atoms. The van der Waals surface area contributed by atoms with Crippen LogP contribution in [-0.2, 0) is 16.5 Å². The van der Waals surface area contributed by atoms with Crippen molar-refractivity contribution in [1.82, 2.24) is 0 Å². The SMILES string of the molecule is C=Cc1ccccc1.CC(C)[PH+](CC[PH+](C(C)C)C(C)C)C(C)C.[Ni]. The minimum Gasteiger partial charge on any atom is -0.0985 e. The average Bonchev–Trinajstić information content (AvgIpc) is 2.51. The fourth-order valence-corrected chi connectivity index (χ4v) is 10.7. The molecule has 0 aliphatic carbocycles. The van der Waals surface area contributed by atoms with Crippen LogP contribution in [0.25, 0.3) is 6.08 Å². The zero-order chi connectivity index (χ0) is 18.7. The minimum atomic E-state index is -0.114. The summed E-state index contributed by atoms with van der Waals surface area (Å²) in [5, 5.41) is 0. The van der Waals surface area contributed by atoms with Crippen molar-refractivity contribution in [2.45, 2.75) is 78.0 Å². The van der Waals surface area contributed by atoms with Gasteiger partial charge in [-0.05, 0) is 61.0 Å². The molecule has 0 aliphatic heterocycles. The smallest absolute Gasteiger partial charge is 0.0910 e. The van der Waals surface area contributed by atoms with Crippen molar-refractivity contribution < 1.29 is 16.5 Å². The molecule has 0 fully saturated rings. The molecule has 0 spiro atoms. The minimum absolute atomic E-state index is 0. The Balaban J connectivity index is 0. The van der Waals surface area contributed by atoms with Gasteiger partial charge in [-0.2, -0.15) is 0 Å². The number of benzene rings is 1. The van der Waals surface area contributed by atoms with Crippen molar-refractivity contribution >= 4 is 21.9 Å². The molecule has 25 heavy (non-hydrogen) atoms. The molecule has 0 radical (unpaired) electrons. The first kappa shape index (κ1) is 27.5. The Labute approximate surface area is 171 Å². The normalized spacial score (nSPS) is 11.1. The van der Waals surface area contributed by atoms with E-state index in [1.807, 2.05) is 36.4 Å². The van der Waals surface area contributed by atoms with E-state index in [1.54, 1.807) is 12.3 Å². The van der Waals surface area contributed by atoms with Crippen LogP contribution in [0.3, 0.4) is 0 Å². The molecule has 1 aromatic carbocycles. The van der Waals surface area contributed by atoms with Crippen molar-refractivity contribution in [1.29, 1.82) is 0 Å². The second-order valence-electron chi connectivity index (χ2n) is 7.88. The Morgan fingerprint density at radius 2 is 1.04 bits per heavy atom. The monoisotopic (exact) mass is 426 g/mol. The molecule has 1 aromatic rings. The molecule has 0 N–H and O–H groups in total. The third kappa shape index (κ3) is 12.3. The van der Waals surface area contributed by atoms with Crippen molar-refractivity contribution in [3.8, 4) is 0 Å². The first-order valence-corrected chi connectivity index (χ1v) is 13.3. The standard InChI is InChI=1S/C14H32P2.C8H8.Ni/c1-11(2)15(12(3)4)9-10-16(13(5)6)14(7)8;1-2-8-6-4-3-5-7-8;/h11-14H,9-10H2,1-8H3;2-7H,1H2;/p+2. The molecule has 0 saturated carbocycles. The Hall–Kier alpha value is 0.314. The number of hydrogen-bond acceptors (Lipinski definition) is 0. The van der Waals surface area contributed by atoms with Crippen LogP contribution in [-0.4, -0.2) is 35.0 Å². The molecule has 148 valence electrons. The maximum atomic E-state index is 3.63. The van der Waals surface area contributed by atoms with Crippen LogP contribution in [0.15, 0.2) is 36.9 Å². The molecule has 0 saturated heterocycles. The van der Waals surface area contributed by atoms with E-state index in [0.717, 1.165) is 22.6 Å². The Kier molecular flexibility index (Phi) is 16.9. The molecular weight excluding hydrogens is 385 g/mol. The summed E-state index contributed by atoms with van der Waals surface area (Å²) in [7, 11) is -0.229. The predicted molar refractivity (Wildman–Crippen MR) is 123 cm³/mol. The second kappa shape index (κ2) is 15.4. The van der Waals surface area contributed by atoms with Gasteiger partial charge in [0, 0.05) is 32.3 Å². The third-order valence-electron chi connectivity index (χ3n) is 4.70. The van der Waals surface area contributed by atoms with E-state index in [9.17, 15) is 0 Å². The molecule has 0 atom stereocenters. The van der Waals surface area contributed by atoms with E-state index in [0.29, 0.717) is 0 Å². The predicted octanol–water partition coefficient (Wildman–Crippen LogP) is 7.38.